The second kappa shape index (κ2) is 13.1. The predicted octanol–water partition coefficient (Wildman–Crippen LogP) is 5.94. The number of nitrogens with one attached hydrogen (secondary N) is 1. The van der Waals surface area contributed by atoms with Crippen molar-refractivity contribution in [3.63, 3.8) is 0 Å². The lowest BCUT2D eigenvalue weighted by Crippen LogP contribution is -2.52. The third-order valence-corrected chi connectivity index (χ3v) is 9.80. The van der Waals surface area contributed by atoms with Gasteiger partial charge in [-0.1, -0.05) is 60.3 Å². The second-order valence-corrected chi connectivity index (χ2v) is 13.2. The number of carbonyl (C=O) groups excluding carboxylic acids is 2. The highest BCUT2D eigenvalue weighted by molar-refractivity contribution is 7.92. The molecule has 0 bridgehead atoms. The summed E-state index contributed by atoms with van der Waals surface area (Å²) in [6, 6.07) is 18.2. The minimum atomic E-state index is -4.11. The Morgan fingerprint density at radius 2 is 1.63 bits per heavy atom. The molecule has 0 aromatic heterocycles. The topological polar surface area (TPSA) is 86.8 Å². The molecule has 7 nitrogen and oxygen atoms in total. The van der Waals surface area contributed by atoms with Gasteiger partial charge in [-0.05, 0) is 93.6 Å². The van der Waals surface area contributed by atoms with Crippen molar-refractivity contribution in [2.45, 2.75) is 76.9 Å². The molecule has 4 rings (SSSR count). The van der Waals surface area contributed by atoms with Crippen molar-refractivity contribution < 1.29 is 18.0 Å². The molecular formula is C32H38ClN3O4S. The number of nitrogens with zero attached hydrogens (tertiary/aromatic N) is 2. The number of hydrogen-bond acceptors (Lipinski definition) is 4. The zero-order chi connectivity index (χ0) is 29.7. The molecule has 1 fully saturated rings. The molecule has 1 atom stereocenters. The van der Waals surface area contributed by atoms with E-state index in [2.05, 4.69) is 5.32 Å². The number of benzene rings is 3. The number of amides is 2. The third-order valence-electron chi connectivity index (χ3n) is 7.78. The van der Waals surface area contributed by atoms with E-state index in [0.717, 1.165) is 52.2 Å². The molecule has 1 N–H and O–H groups in total. The summed E-state index contributed by atoms with van der Waals surface area (Å²) in [5, 5.41) is 3.59. The quantitative estimate of drug-likeness (QED) is 0.314. The van der Waals surface area contributed by atoms with Gasteiger partial charge >= 0.3 is 0 Å². The van der Waals surface area contributed by atoms with Crippen molar-refractivity contribution in [1.29, 1.82) is 0 Å². The molecule has 1 aliphatic rings. The van der Waals surface area contributed by atoms with E-state index in [1.807, 2.05) is 32.9 Å². The molecule has 9 heteroatoms. The van der Waals surface area contributed by atoms with Gasteiger partial charge in [0.05, 0.1) is 10.6 Å². The average molecular weight is 596 g/mol. The molecule has 1 aliphatic carbocycles. The Hall–Kier alpha value is -3.36. The molecule has 0 saturated heterocycles. The summed E-state index contributed by atoms with van der Waals surface area (Å²) >= 11 is 6.22. The van der Waals surface area contributed by atoms with Gasteiger partial charge in [0.1, 0.15) is 12.6 Å². The Bertz CT molecular complexity index is 1500. The SMILES string of the molecule is Cc1ccc(S(=O)(=O)N(CC(=O)N(Cc2cccc(Cl)c2)C(C)C(=O)NC2CCCC2)c2ccc(C)c(C)c2)cc1. The summed E-state index contributed by atoms with van der Waals surface area (Å²) in [6.45, 7) is 7.04. The van der Waals surface area contributed by atoms with Gasteiger partial charge < -0.3 is 10.2 Å². The number of carbonyl (C=O) groups is 2. The van der Waals surface area contributed by atoms with Crippen LogP contribution in [0.1, 0.15) is 54.9 Å². The molecule has 0 heterocycles. The van der Waals surface area contributed by atoms with Gasteiger partial charge in [0.2, 0.25) is 11.8 Å². The third kappa shape index (κ3) is 7.49. The lowest BCUT2D eigenvalue weighted by atomic mass is 10.1. The van der Waals surface area contributed by atoms with E-state index in [4.69, 9.17) is 11.6 Å². The zero-order valence-electron chi connectivity index (χ0n) is 24.1. The number of aryl methyl sites for hydroxylation is 3. The molecule has 3 aromatic rings. The molecule has 1 unspecified atom stereocenters. The average Bonchev–Trinajstić information content (AvgIpc) is 3.44. The molecular weight excluding hydrogens is 558 g/mol. The summed E-state index contributed by atoms with van der Waals surface area (Å²) in [7, 11) is -4.11. The number of sulfonamides is 1. The molecule has 1 saturated carbocycles. The fraction of sp³-hybridized carbons (Fsp3) is 0.375. The second-order valence-electron chi connectivity index (χ2n) is 10.9. The van der Waals surface area contributed by atoms with Crippen LogP contribution in [0.15, 0.2) is 71.6 Å². The molecule has 218 valence electrons. The van der Waals surface area contributed by atoms with Crippen LogP contribution in [0.3, 0.4) is 0 Å². The first kappa shape index (κ1) is 30.6. The van der Waals surface area contributed by atoms with E-state index in [1.165, 1.54) is 4.90 Å². The molecule has 0 radical (unpaired) electrons. The lowest BCUT2D eigenvalue weighted by Gasteiger charge is -2.32. The molecule has 0 aliphatic heterocycles. The van der Waals surface area contributed by atoms with Crippen LogP contribution in [0, 0.1) is 20.8 Å². The number of rotatable bonds is 10. The Labute approximate surface area is 248 Å². The van der Waals surface area contributed by atoms with Crippen LogP contribution in [0.5, 0.6) is 0 Å². The van der Waals surface area contributed by atoms with Crippen LogP contribution in [0.2, 0.25) is 5.02 Å². The van der Waals surface area contributed by atoms with Crippen LogP contribution in [0.4, 0.5) is 5.69 Å². The first-order valence-electron chi connectivity index (χ1n) is 14.0. The van der Waals surface area contributed by atoms with Crippen LogP contribution >= 0.6 is 11.6 Å². The van der Waals surface area contributed by atoms with E-state index in [0.29, 0.717) is 10.7 Å². The van der Waals surface area contributed by atoms with E-state index >= 15 is 0 Å². The standard InChI is InChI=1S/C32H38ClN3O4S/c1-22-12-16-30(17-13-22)41(39,40)36(29-15-14-23(2)24(3)18-29)21-31(37)35(20-26-8-7-9-27(33)19-26)25(4)32(38)34-28-10-5-6-11-28/h7-9,12-19,25,28H,5-6,10-11,20-21H2,1-4H3,(H,34,38). The van der Waals surface area contributed by atoms with Gasteiger partial charge in [0.15, 0.2) is 0 Å². The van der Waals surface area contributed by atoms with Crippen molar-refractivity contribution in [2.75, 3.05) is 10.8 Å². The van der Waals surface area contributed by atoms with Crippen molar-refractivity contribution in [3.8, 4) is 0 Å². The van der Waals surface area contributed by atoms with Gasteiger partial charge in [-0.3, -0.25) is 13.9 Å². The monoisotopic (exact) mass is 595 g/mol. The highest BCUT2D eigenvalue weighted by Gasteiger charge is 2.33. The smallest absolute Gasteiger partial charge is 0.264 e. The van der Waals surface area contributed by atoms with Crippen LogP contribution < -0.4 is 9.62 Å². The summed E-state index contributed by atoms with van der Waals surface area (Å²) in [5.74, 6) is -0.751. The Morgan fingerprint density at radius 1 is 0.951 bits per heavy atom. The Morgan fingerprint density at radius 3 is 2.27 bits per heavy atom. The molecule has 2 amide bonds. The van der Waals surface area contributed by atoms with Gasteiger partial charge in [-0.25, -0.2) is 8.42 Å². The van der Waals surface area contributed by atoms with Crippen molar-refractivity contribution in [3.05, 3.63) is 94.0 Å². The van der Waals surface area contributed by atoms with Crippen LogP contribution in [0.25, 0.3) is 0 Å². The highest BCUT2D eigenvalue weighted by atomic mass is 35.5. The summed E-state index contributed by atoms with van der Waals surface area (Å²) < 4.78 is 29.1. The summed E-state index contributed by atoms with van der Waals surface area (Å²) in [6.07, 6.45) is 3.95. The van der Waals surface area contributed by atoms with E-state index in [-0.39, 0.29) is 23.4 Å². The van der Waals surface area contributed by atoms with Gasteiger partial charge in [0.25, 0.3) is 10.0 Å². The van der Waals surface area contributed by atoms with Crippen molar-refractivity contribution in [1.82, 2.24) is 10.2 Å². The fourth-order valence-electron chi connectivity index (χ4n) is 5.05. The first-order valence-corrected chi connectivity index (χ1v) is 15.8. The largest absolute Gasteiger partial charge is 0.352 e. The number of anilines is 1. The van der Waals surface area contributed by atoms with E-state index < -0.39 is 28.5 Å². The number of hydrogen-bond donors (Lipinski definition) is 1. The maximum Gasteiger partial charge on any atom is 0.264 e. The summed E-state index contributed by atoms with van der Waals surface area (Å²) in [5.41, 5.74) is 3.96. The van der Waals surface area contributed by atoms with E-state index in [1.54, 1.807) is 61.5 Å². The minimum absolute atomic E-state index is 0.0852. The van der Waals surface area contributed by atoms with Crippen LogP contribution in [-0.2, 0) is 26.2 Å². The van der Waals surface area contributed by atoms with Gasteiger partial charge in [-0.15, -0.1) is 0 Å². The lowest BCUT2D eigenvalue weighted by molar-refractivity contribution is -0.139. The van der Waals surface area contributed by atoms with E-state index in [9.17, 15) is 18.0 Å². The van der Waals surface area contributed by atoms with Crippen molar-refractivity contribution >= 4 is 39.1 Å². The van der Waals surface area contributed by atoms with Crippen molar-refractivity contribution in [2.24, 2.45) is 0 Å². The molecule has 0 spiro atoms. The Kier molecular flexibility index (Phi) is 9.76. The highest BCUT2D eigenvalue weighted by Crippen LogP contribution is 2.27. The maximum absolute atomic E-state index is 14.1. The normalized spacial score (nSPS) is 14.5. The van der Waals surface area contributed by atoms with Gasteiger partial charge in [-0.2, -0.15) is 0 Å². The van der Waals surface area contributed by atoms with Crippen LogP contribution in [-0.4, -0.2) is 43.8 Å². The zero-order valence-corrected chi connectivity index (χ0v) is 25.6. The predicted molar refractivity (Wildman–Crippen MR) is 163 cm³/mol. The maximum atomic E-state index is 14.1. The fourth-order valence-corrected chi connectivity index (χ4v) is 6.67. The first-order chi connectivity index (χ1) is 19.5. The Balaban J connectivity index is 1.70. The molecule has 41 heavy (non-hydrogen) atoms. The summed E-state index contributed by atoms with van der Waals surface area (Å²) in [4.78, 5) is 28.9. The minimum Gasteiger partial charge on any atom is -0.352 e. The number of halogens is 1. The van der Waals surface area contributed by atoms with Gasteiger partial charge in [0, 0.05) is 17.6 Å². The molecule has 3 aromatic carbocycles.